The van der Waals surface area contributed by atoms with Gasteiger partial charge in [0.25, 0.3) is 0 Å². The average molecular weight is 236 g/mol. The van der Waals surface area contributed by atoms with E-state index in [0.29, 0.717) is 4.43 Å². The van der Waals surface area contributed by atoms with Crippen molar-refractivity contribution in [1.29, 1.82) is 0 Å². The van der Waals surface area contributed by atoms with Crippen LogP contribution in [0.5, 0.6) is 0 Å². The highest BCUT2D eigenvalue weighted by Gasteiger charge is 2.20. The molecule has 50 valence electrons. The first kappa shape index (κ1) is 8.55. The molecule has 0 heterocycles. The van der Waals surface area contributed by atoms with E-state index in [-0.39, 0.29) is 6.61 Å². The molecule has 0 unspecified atom stereocenters. The topological polar surface area (TPSA) is 9.23 Å². The molecule has 0 saturated heterocycles. The van der Waals surface area contributed by atoms with Crippen LogP contribution in [0.2, 0.25) is 0 Å². The molecule has 0 bridgehead atoms. The van der Waals surface area contributed by atoms with E-state index in [9.17, 15) is 8.78 Å². The lowest BCUT2D eigenvalue weighted by atomic mass is 10.7. The fraction of sp³-hybridized carbons (Fsp3) is 1.00. The molecule has 0 radical (unpaired) electrons. The van der Waals surface area contributed by atoms with Crippen molar-refractivity contribution in [3.8, 4) is 0 Å². The van der Waals surface area contributed by atoms with Gasteiger partial charge in [-0.2, -0.15) is 8.78 Å². The summed E-state index contributed by atoms with van der Waals surface area (Å²) in [7, 11) is 0. The summed E-state index contributed by atoms with van der Waals surface area (Å²) < 4.78 is 28.0. The van der Waals surface area contributed by atoms with E-state index in [1.165, 1.54) is 0 Å². The molecule has 0 N–H and O–H groups in total. The number of alkyl halides is 3. The van der Waals surface area contributed by atoms with Gasteiger partial charge >= 0.3 is 6.11 Å². The highest BCUT2D eigenvalue weighted by atomic mass is 127. The molecule has 0 saturated carbocycles. The van der Waals surface area contributed by atoms with Gasteiger partial charge in [0.1, 0.15) is 0 Å². The highest BCUT2D eigenvalue weighted by molar-refractivity contribution is 14.1. The maximum absolute atomic E-state index is 11.7. The van der Waals surface area contributed by atoms with Gasteiger partial charge in [0.05, 0.1) is 6.61 Å². The first-order valence-electron chi connectivity index (χ1n) is 2.14. The summed E-state index contributed by atoms with van der Waals surface area (Å²) in [6, 6.07) is 0. The van der Waals surface area contributed by atoms with Crippen LogP contribution in [-0.2, 0) is 4.74 Å². The Morgan fingerprint density at radius 3 is 2.25 bits per heavy atom. The largest absolute Gasteiger partial charge is 0.352 e. The summed E-state index contributed by atoms with van der Waals surface area (Å²) in [6.45, 7) is 0.851. The third-order valence-electron chi connectivity index (χ3n) is 0.433. The normalized spacial score (nSPS) is 12.0. The van der Waals surface area contributed by atoms with Gasteiger partial charge in [0, 0.05) is 11.4 Å². The molecular weight excluding hydrogens is 229 g/mol. The van der Waals surface area contributed by atoms with Gasteiger partial charge in [-0.25, -0.2) is 0 Å². The quantitative estimate of drug-likeness (QED) is 0.538. The molecule has 1 nitrogen and oxygen atoms in total. The lowest BCUT2D eigenvalue weighted by molar-refractivity contribution is -0.219. The zero-order valence-electron chi connectivity index (χ0n) is 4.46. The zero-order valence-corrected chi connectivity index (χ0v) is 6.61. The first-order chi connectivity index (χ1) is 3.56. The Morgan fingerprint density at radius 2 is 2.12 bits per heavy atom. The van der Waals surface area contributed by atoms with Crippen LogP contribution in [0.25, 0.3) is 0 Å². The molecule has 0 aromatic rings. The molecule has 0 rings (SSSR count). The minimum Gasteiger partial charge on any atom is -0.320 e. The number of hydrogen-bond acceptors (Lipinski definition) is 1. The second-order valence-corrected chi connectivity index (χ2v) is 2.42. The standard InChI is InChI=1S/C4H7F2IO/c1-4(5,6)8-3-2-7/h2-3H2,1H3. The van der Waals surface area contributed by atoms with Crippen LogP contribution in [0.3, 0.4) is 0 Å². The Labute approximate surface area is 60.5 Å². The maximum atomic E-state index is 11.7. The Balaban J connectivity index is 3.11. The van der Waals surface area contributed by atoms with Crippen molar-refractivity contribution in [1.82, 2.24) is 0 Å². The van der Waals surface area contributed by atoms with Gasteiger partial charge in [-0.1, -0.05) is 22.6 Å². The van der Waals surface area contributed by atoms with Crippen molar-refractivity contribution in [2.45, 2.75) is 13.0 Å². The van der Waals surface area contributed by atoms with E-state index in [4.69, 9.17) is 0 Å². The van der Waals surface area contributed by atoms with Crippen molar-refractivity contribution < 1.29 is 13.5 Å². The molecule has 0 aliphatic rings. The van der Waals surface area contributed by atoms with Crippen LogP contribution < -0.4 is 0 Å². The Hall–Kier alpha value is 0.550. The number of hydrogen-bond donors (Lipinski definition) is 0. The van der Waals surface area contributed by atoms with E-state index in [1.807, 2.05) is 22.6 Å². The van der Waals surface area contributed by atoms with Crippen molar-refractivity contribution in [2.75, 3.05) is 11.0 Å². The summed E-state index contributed by atoms with van der Waals surface area (Å²) in [4.78, 5) is 0. The molecular formula is C4H7F2IO. The fourth-order valence-electron chi connectivity index (χ4n) is 0.218. The van der Waals surface area contributed by atoms with E-state index in [2.05, 4.69) is 4.74 Å². The molecule has 4 heteroatoms. The summed E-state index contributed by atoms with van der Waals surface area (Å²) in [5.41, 5.74) is 0. The molecule has 0 aliphatic heterocycles. The van der Waals surface area contributed by atoms with Crippen LogP contribution in [0.1, 0.15) is 6.92 Å². The van der Waals surface area contributed by atoms with Gasteiger partial charge in [-0.05, 0) is 0 Å². The summed E-state index contributed by atoms with van der Waals surface area (Å²) in [5.74, 6) is 0. The van der Waals surface area contributed by atoms with Gasteiger partial charge in [0.2, 0.25) is 0 Å². The Morgan fingerprint density at radius 1 is 1.62 bits per heavy atom. The molecule has 0 aromatic carbocycles. The van der Waals surface area contributed by atoms with E-state index in [0.717, 1.165) is 6.92 Å². The molecule has 0 amide bonds. The fourth-order valence-corrected chi connectivity index (χ4v) is 0.438. The zero-order chi connectivity index (χ0) is 6.62. The molecule has 0 aliphatic carbocycles. The summed E-state index contributed by atoms with van der Waals surface area (Å²) >= 11 is 1.97. The maximum Gasteiger partial charge on any atom is 0.352 e. The van der Waals surface area contributed by atoms with Crippen molar-refractivity contribution >= 4 is 22.6 Å². The first-order valence-corrected chi connectivity index (χ1v) is 3.66. The van der Waals surface area contributed by atoms with Crippen LogP contribution >= 0.6 is 22.6 Å². The average Bonchev–Trinajstić information content (AvgIpc) is 1.59. The third kappa shape index (κ3) is 6.55. The lowest BCUT2D eigenvalue weighted by Gasteiger charge is -2.08. The Bertz CT molecular complexity index is 61.5. The molecule has 0 aromatic heterocycles. The van der Waals surface area contributed by atoms with Crippen molar-refractivity contribution in [3.63, 3.8) is 0 Å². The smallest absolute Gasteiger partial charge is 0.320 e. The second kappa shape index (κ2) is 3.55. The van der Waals surface area contributed by atoms with Gasteiger partial charge in [0.15, 0.2) is 0 Å². The van der Waals surface area contributed by atoms with Crippen LogP contribution in [0.4, 0.5) is 8.78 Å². The molecule has 0 fully saturated rings. The van der Waals surface area contributed by atoms with Gasteiger partial charge in [-0.15, -0.1) is 0 Å². The second-order valence-electron chi connectivity index (χ2n) is 1.35. The summed E-state index contributed by atoms with van der Waals surface area (Å²) in [6.07, 6.45) is -2.95. The third-order valence-corrected chi connectivity index (χ3v) is 0.873. The monoisotopic (exact) mass is 236 g/mol. The molecule has 0 spiro atoms. The number of ether oxygens (including phenoxy) is 1. The predicted octanol–water partition coefficient (Wildman–Crippen LogP) is 2.05. The van der Waals surface area contributed by atoms with Crippen molar-refractivity contribution in [2.24, 2.45) is 0 Å². The Kier molecular flexibility index (Phi) is 3.80. The van der Waals surface area contributed by atoms with Crippen molar-refractivity contribution in [3.05, 3.63) is 0 Å². The van der Waals surface area contributed by atoms with Crippen LogP contribution in [0.15, 0.2) is 0 Å². The summed E-state index contributed by atoms with van der Waals surface area (Å²) in [5, 5.41) is 0. The predicted molar refractivity (Wildman–Crippen MR) is 35.5 cm³/mol. The van der Waals surface area contributed by atoms with Crippen LogP contribution in [-0.4, -0.2) is 17.1 Å². The number of rotatable bonds is 3. The molecule has 8 heavy (non-hydrogen) atoms. The van der Waals surface area contributed by atoms with Crippen LogP contribution in [0, 0.1) is 0 Å². The van der Waals surface area contributed by atoms with Gasteiger partial charge < -0.3 is 4.74 Å². The SMILES string of the molecule is CC(F)(F)OCCI. The number of halogens is 3. The van der Waals surface area contributed by atoms with E-state index >= 15 is 0 Å². The van der Waals surface area contributed by atoms with Gasteiger partial charge in [-0.3, -0.25) is 0 Å². The minimum absolute atomic E-state index is 0.115. The highest BCUT2D eigenvalue weighted by Crippen LogP contribution is 2.12. The molecule has 0 atom stereocenters. The minimum atomic E-state index is -2.95. The lowest BCUT2D eigenvalue weighted by Crippen LogP contribution is -2.16. The van der Waals surface area contributed by atoms with E-state index in [1.54, 1.807) is 0 Å². The van der Waals surface area contributed by atoms with E-state index < -0.39 is 6.11 Å².